The number of nitrogens with one attached hydrogen (secondary N) is 1. The number of methoxy groups -OCH3 is 1. The van der Waals surface area contributed by atoms with E-state index in [2.05, 4.69) is 11.9 Å². The molecule has 9 heteroatoms. The quantitative estimate of drug-likeness (QED) is 0.266. The van der Waals surface area contributed by atoms with Crippen molar-refractivity contribution in [2.24, 2.45) is 0 Å². The molecule has 0 saturated carbocycles. The lowest BCUT2D eigenvalue weighted by Gasteiger charge is -2.29. The molecule has 2 aromatic rings. The van der Waals surface area contributed by atoms with Crippen LogP contribution in [-0.2, 0) is 16.0 Å². The Hall–Kier alpha value is -3.98. The first-order valence-corrected chi connectivity index (χ1v) is 10.4. The van der Waals surface area contributed by atoms with Gasteiger partial charge in [0, 0.05) is 5.56 Å². The topological polar surface area (TPSA) is 105 Å². The normalized spacial score (nSPS) is 14.8. The van der Waals surface area contributed by atoms with Gasteiger partial charge in [0.1, 0.15) is 5.57 Å². The Balaban J connectivity index is 2.09. The van der Waals surface area contributed by atoms with Gasteiger partial charge in [-0.05, 0) is 67.5 Å². The number of carbonyl (C=O) groups excluding carboxylic acids is 2. The van der Waals surface area contributed by atoms with Gasteiger partial charge < -0.3 is 14.6 Å². The molecule has 3 rings (SSSR count). The van der Waals surface area contributed by atoms with Gasteiger partial charge in [-0.15, -0.1) is 6.58 Å². The molecule has 0 aromatic heterocycles. The van der Waals surface area contributed by atoms with Crippen LogP contribution in [0.4, 0.5) is 5.69 Å². The fourth-order valence-electron chi connectivity index (χ4n) is 3.41. The third kappa shape index (κ3) is 4.93. The molecule has 1 fully saturated rings. The van der Waals surface area contributed by atoms with E-state index in [-0.39, 0.29) is 21.9 Å². The number of thiocarbonyl (C=S) groups is 1. The number of hydrogen-bond donors (Lipinski definition) is 2. The summed E-state index contributed by atoms with van der Waals surface area (Å²) in [6.45, 7) is 5.98. The molecule has 0 atom stereocenters. The highest BCUT2D eigenvalue weighted by Crippen LogP contribution is 2.34. The van der Waals surface area contributed by atoms with Crippen molar-refractivity contribution in [3.8, 4) is 11.5 Å². The van der Waals surface area contributed by atoms with Gasteiger partial charge in [0.2, 0.25) is 0 Å². The van der Waals surface area contributed by atoms with E-state index in [4.69, 9.17) is 21.7 Å². The lowest BCUT2D eigenvalue weighted by molar-refractivity contribution is -0.122. The zero-order valence-electron chi connectivity index (χ0n) is 18.1. The summed E-state index contributed by atoms with van der Waals surface area (Å²) in [6, 6.07) is 9.18. The highest BCUT2D eigenvalue weighted by Gasteiger charge is 2.34. The number of aromatic carboxylic acids is 1. The second-order valence-corrected chi connectivity index (χ2v) is 7.34. The van der Waals surface area contributed by atoms with Crippen LogP contribution in [0.1, 0.15) is 28.4 Å². The molecule has 0 spiro atoms. The number of carboxylic acid groups (broad SMARTS) is 1. The first-order valence-electron chi connectivity index (χ1n) is 10.00. The van der Waals surface area contributed by atoms with Gasteiger partial charge in [0.05, 0.1) is 25.0 Å². The zero-order valence-corrected chi connectivity index (χ0v) is 18.9. The number of nitrogens with zero attached hydrogens (tertiary/aromatic N) is 1. The van der Waals surface area contributed by atoms with Gasteiger partial charge in [-0.3, -0.25) is 19.8 Å². The molecular formula is C24H22N2O6S. The molecule has 0 aliphatic carbocycles. The largest absolute Gasteiger partial charge is 0.493 e. The number of rotatable bonds is 8. The number of hydrogen-bond acceptors (Lipinski definition) is 6. The predicted molar refractivity (Wildman–Crippen MR) is 128 cm³/mol. The number of ether oxygens (including phenoxy) is 2. The van der Waals surface area contributed by atoms with Crippen LogP contribution < -0.4 is 19.7 Å². The third-order valence-corrected chi connectivity index (χ3v) is 5.07. The molecule has 8 nitrogen and oxygen atoms in total. The van der Waals surface area contributed by atoms with Gasteiger partial charge in [-0.2, -0.15) is 0 Å². The fraction of sp³-hybridized carbons (Fsp3) is 0.167. The monoisotopic (exact) mass is 466 g/mol. The third-order valence-electron chi connectivity index (χ3n) is 4.79. The van der Waals surface area contributed by atoms with E-state index in [9.17, 15) is 19.5 Å². The fourth-order valence-corrected chi connectivity index (χ4v) is 3.69. The molecule has 1 aliphatic heterocycles. The van der Waals surface area contributed by atoms with E-state index in [1.807, 2.05) is 6.92 Å². The lowest BCUT2D eigenvalue weighted by atomic mass is 10.0. The Kier molecular flexibility index (Phi) is 7.24. The standard InChI is InChI=1S/C24H22N2O6S/c1-4-7-15-10-14(12-19(32-5-2)20(15)31-3)11-18-21(27)25-24(33)26(22(18)28)17-9-6-8-16(13-17)23(29)30/h4,6,8-13H,1,5,7H2,2-3H3,(H,29,30)(H,25,27,33). The molecule has 1 heterocycles. The van der Waals surface area contributed by atoms with Crippen molar-refractivity contribution >= 4 is 46.9 Å². The minimum absolute atomic E-state index is 0.0175. The maximum atomic E-state index is 13.3. The molecule has 0 radical (unpaired) electrons. The predicted octanol–water partition coefficient (Wildman–Crippen LogP) is 3.35. The SMILES string of the molecule is C=CCc1cc(C=C2C(=O)NC(=S)N(c3cccc(C(=O)O)c3)C2=O)cc(OCC)c1OC. The van der Waals surface area contributed by atoms with Crippen molar-refractivity contribution in [1.82, 2.24) is 5.32 Å². The minimum Gasteiger partial charge on any atom is -0.493 e. The first-order chi connectivity index (χ1) is 15.8. The van der Waals surface area contributed by atoms with E-state index in [0.717, 1.165) is 10.5 Å². The molecule has 2 aromatic carbocycles. The Morgan fingerprint density at radius 2 is 2.03 bits per heavy atom. The van der Waals surface area contributed by atoms with Crippen molar-refractivity contribution in [3.05, 3.63) is 71.3 Å². The molecule has 170 valence electrons. The Morgan fingerprint density at radius 1 is 1.27 bits per heavy atom. The molecule has 0 bridgehead atoms. The van der Waals surface area contributed by atoms with E-state index in [1.165, 1.54) is 37.5 Å². The van der Waals surface area contributed by atoms with Crippen LogP contribution in [0.15, 0.2) is 54.6 Å². The van der Waals surface area contributed by atoms with Crippen LogP contribution in [-0.4, -0.2) is 41.7 Å². The van der Waals surface area contributed by atoms with E-state index in [0.29, 0.717) is 30.1 Å². The highest BCUT2D eigenvalue weighted by atomic mass is 32.1. The van der Waals surface area contributed by atoms with Crippen molar-refractivity contribution < 1.29 is 29.0 Å². The summed E-state index contributed by atoms with van der Waals surface area (Å²) in [7, 11) is 1.53. The van der Waals surface area contributed by atoms with E-state index >= 15 is 0 Å². The average Bonchev–Trinajstić information content (AvgIpc) is 2.77. The van der Waals surface area contributed by atoms with Gasteiger partial charge in [-0.1, -0.05) is 12.1 Å². The molecule has 0 unspecified atom stereocenters. The molecule has 33 heavy (non-hydrogen) atoms. The summed E-state index contributed by atoms with van der Waals surface area (Å²) in [4.78, 5) is 38.3. The summed E-state index contributed by atoms with van der Waals surface area (Å²) in [6.07, 6.45) is 3.62. The van der Waals surface area contributed by atoms with Gasteiger partial charge >= 0.3 is 5.97 Å². The number of carboxylic acids is 1. The van der Waals surface area contributed by atoms with Crippen LogP contribution in [0.3, 0.4) is 0 Å². The molecular weight excluding hydrogens is 444 g/mol. The number of benzene rings is 2. The van der Waals surface area contributed by atoms with Crippen molar-refractivity contribution in [1.29, 1.82) is 0 Å². The van der Waals surface area contributed by atoms with Crippen LogP contribution in [0.5, 0.6) is 11.5 Å². The molecule has 1 saturated heterocycles. The van der Waals surface area contributed by atoms with Crippen LogP contribution >= 0.6 is 12.2 Å². The number of carbonyl (C=O) groups is 3. The average molecular weight is 467 g/mol. The van der Waals surface area contributed by atoms with Crippen molar-refractivity contribution in [3.63, 3.8) is 0 Å². The molecule has 1 aliphatic rings. The first kappa shape index (κ1) is 23.7. The smallest absolute Gasteiger partial charge is 0.335 e. The maximum absolute atomic E-state index is 13.3. The Bertz CT molecular complexity index is 1190. The summed E-state index contributed by atoms with van der Waals surface area (Å²) < 4.78 is 11.2. The second kappa shape index (κ2) is 10.1. The molecule has 2 N–H and O–H groups in total. The summed E-state index contributed by atoms with van der Waals surface area (Å²) in [5.41, 5.74) is 1.36. The summed E-state index contributed by atoms with van der Waals surface area (Å²) in [5.74, 6) is -1.47. The summed E-state index contributed by atoms with van der Waals surface area (Å²) >= 11 is 5.18. The number of allylic oxidation sites excluding steroid dienone is 1. The van der Waals surface area contributed by atoms with E-state index in [1.54, 1.807) is 18.2 Å². The maximum Gasteiger partial charge on any atom is 0.335 e. The van der Waals surface area contributed by atoms with Gasteiger partial charge in [-0.25, -0.2) is 4.79 Å². The lowest BCUT2D eigenvalue weighted by Crippen LogP contribution is -2.54. The van der Waals surface area contributed by atoms with Crippen molar-refractivity contribution in [2.75, 3.05) is 18.6 Å². The number of anilines is 1. The minimum atomic E-state index is -1.15. The Labute approximate surface area is 196 Å². The van der Waals surface area contributed by atoms with Crippen LogP contribution in [0, 0.1) is 0 Å². The Morgan fingerprint density at radius 3 is 2.67 bits per heavy atom. The second-order valence-electron chi connectivity index (χ2n) is 6.95. The van der Waals surface area contributed by atoms with Crippen LogP contribution in [0.2, 0.25) is 0 Å². The van der Waals surface area contributed by atoms with E-state index < -0.39 is 17.8 Å². The zero-order chi connectivity index (χ0) is 24.1. The summed E-state index contributed by atoms with van der Waals surface area (Å²) in [5, 5.41) is 11.6. The van der Waals surface area contributed by atoms with Crippen LogP contribution in [0.25, 0.3) is 6.08 Å². The molecule has 2 amide bonds. The van der Waals surface area contributed by atoms with Gasteiger partial charge in [0.25, 0.3) is 11.8 Å². The van der Waals surface area contributed by atoms with Crippen molar-refractivity contribution in [2.45, 2.75) is 13.3 Å². The number of amides is 2. The highest BCUT2D eigenvalue weighted by molar-refractivity contribution is 7.80. The van der Waals surface area contributed by atoms with Gasteiger partial charge in [0.15, 0.2) is 16.6 Å².